The number of hydrogen-bond acceptors (Lipinski definition) is 2. The summed E-state index contributed by atoms with van der Waals surface area (Å²) in [7, 11) is 0. The second kappa shape index (κ2) is 6.69. The van der Waals surface area contributed by atoms with Gasteiger partial charge in [-0.2, -0.15) is 0 Å². The third kappa shape index (κ3) is 3.27. The fourth-order valence-corrected chi connectivity index (χ4v) is 2.39. The number of nitrogens with zero attached hydrogens (tertiary/aromatic N) is 1. The first-order valence-corrected chi connectivity index (χ1v) is 6.51. The van der Waals surface area contributed by atoms with Gasteiger partial charge >= 0.3 is 5.95 Å². The molecular formula is C15H17IN4. The van der Waals surface area contributed by atoms with Gasteiger partial charge in [-0.3, -0.25) is 5.73 Å². The van der Waals surface area contributed by atoms with Crippen LogP contribution in [0, 0.1) is 0 Å². The third-order valence-corrected chi connectivity index (χ3v) is 3.32. The van der Waals surface area contributed by atoms with Crippen LogP contribution in [0.1, 0.15) is 17.7 Å². The molecule has 4 nitrogen and oxygen atoms in total. The number of aromatic amines is 2. The van der Waals surface area contributed by atoms with Crippen LogP contribution in [0.2, 0.25) is 0 Å². The average molecular weight is 380 g/mol. The summed E-state index contributed by atoms with van der Waals surface area (Å²) in [6, 6.07) is 10.4. The summed E-state index contributed by atoms with van der Waals surface area (Å²) in [5, 5.41) is 1.32. The Balaban J connectivity index is 0.00000147. The van der Waals surface area contributed by atoms with E-state index in [0.717, 1.165) is 25.0 Å². The summed E-state index contributed by atoms with van der Waals surface area (Å²) < 4.78 is 0. The summed E-state index contributed by atoms with van der Waals surface area (Å²) in [5.74, 6) is 0.476. The molecule has 0 radical (unpaired) electrons. The molecule has 2 heterocycles. The van der Waals surface area contributed by atoms with Gasteiger partial charge in [0.15, 0.2) is 0 Å². The number of rotatable bonds is 4. The first kappa shape index (κ1) is 14.8. The number of para-hydroxylation sites is 1. The molecule has 3 rings (SSSR count). The molecule has 0 atom stereocenters. The Labute approximate surface area is 134 Å². The Morgan fingerprint density at radius 3 is 2.85 bits per heavy atom. The molecule has 1 aromatic carbocycles. The van der Waals surface area contributed by atoms with Gasteiger partial charge in [0.05, 0.1) is 6.20 Å². The Bertz CT molecular complexity index is 693. The Hall–Kier alpha value is -1.63. The van der Waals surface area contributed by atoms with E-state index in [1.165, 1.54) is 16.5 Å². The summed E-state index contributed by atoms with van der Waals surface area (Å²) in [5.41, 5.74) is 9.24. The van der Waals surface area contributed by atoms with Crippen LogP contribution in [0.3, 0.4) is 0 Å². The molecule has 0 bridgehead atoms. The molecule has 5 heteroatoms. The number of nitrogens with one attached hydrogen (secondary N) is 2. The lowest BCUT2D eigenvalue weighted by Crippen LogP contribution is -3.00. The lowest BCUT2D eigenvalue weighted by atomic mass is 10.1. The number of fused-ring (bicyclic) bond motifs is 1. The van der Waals surface area contributed by atoms with Crippen molar-refractivity contribution in [3.8, 4) is 0 Å². The van der Waals surface area contributed by atoms with Gasteiger partial charge in [-0.15, -0.1) is 0 Å². The highest BCUT2D eigenvalue weighted by atomic mass is 127. The van der Waals surface area contributed by atoms with E-state index < -0.39 is 0 Å². The maximum atomic E-state index is 5.63. The van der Waals surface area contributed by atoms with E-state index in [1.807, 2.05) is 12.3 Å². The molecule has 0 unspecified atom stereocenters. The molecule has 0 spiro atoms. The first-order chi connectivity index (χ1) is 9.33. The number of nitrogen functional groups attached to an aromatic ring is 1. The normalized spacial score (nSPS) is 10.4. The smallest absolute Gasteiger partial charge is 0.387 e. The van der Waals surface area contributed by atoms with Gasteiger partial charge in [0.1, 0.15) is 5.69 Å². The zero-order valence-electron chi connectivity index (χ0n) is 11.1. The molecule has 0 aliphatic carbocycles. The van der Waals surface area contributed by atoms with Crippen molar-refractivity contribution in [2.24, 2.45) is 0 Å². The molecule has 3 aromatic rings. The van der Waals surface area contributed by atoms with Crippen LogP contribution < -0.4 is 34.7 Å². The van der Waals surface area contributed by atoms with Crippen molar-refractivity contribution in [1.29, 1.82) is 0 Å². The van der Waals surface area contributed by atoms with E-state index in [4.69, 9.17) is 5.73 Å². The number of anilines is 1. The SMILES string of the molecule is Nc1nc(CCCc2c[nH]c3ccccc23)cc[nH+]1.[I-]. The van der Waals surface area contributed by atoms with Gasteiger partial charge < -0.3 is 29.0 Å². The fourth-order valence-electron chi connectivity index (χ4n) is 2.39. The van der Waals surface area contributed by atoms with E-state index in [0.29, 0.717) is 5.95 Å². The maximum absolute atomic E-state index is 5.63. The van der Waals surface area contributed by atoms with Crippen LogP contribution in [-0.4, -0.2) is 9.97 Å². The van der Waals surface area contributed by atoms with Crippen LogP contribution in [0.5, 0.6) is 0 Å². The van der Waals surface area contributed by atoms with E-state index in [1.54, 1.807) is 0 Å². The topological polar surface area (TPSA) is 68.8 Å². The predicted octanol–water partition coefficient (Wildman–Crippen LogP) is -0.861. The summed E-state index contributed by atoms with van der Waals surface area (Å²) in [6.45, 7) is 0. The number of halogens is 1. The van der Waals surface area contributed by atoms with E-state index in [9.17, 15) is 0 Å². The monoisotopic (exact) mass is 380 g/mol. The van der Waals surface area contributed by atoms with Gasteiger partial charge in [-0.25, -0.2) is 4.98 Å². The molecule has 0 amide bonds. The fraction of sp³-hybridized carbons (Fsp3) is 0.200. The molecule has 0 fully saturated rings. The van der Waals surface area contributed by atoms with Crippen molar-refractivity contribution < 1.29 is 29.0 Å². The van der Waals surface area contributed by atoms with Crippen LogP contribution in [-0.2, 0) is 12.8 Å². The summed E-state index contributed by atoms with van der Waals surface area (Å²) in [4.78, 5) is 10.4. The number of aryl methyl sites for hydroxylation is 2. The Morgan fingerprint density at radius 1 is 1.15 bits per heavy atom. The number of H-pyrrole nitrogens is 2. The molecule has 4 N–H and O–H groups in total. The molecule has 20 heavy (non-hydrogen) atoms. The lowest BCUT2D eigenvalue weighted by molar-refractivity contribution is -0.364. The van der Waals surface area contributed by atoms with Crippen LogP contribution in [0.4, 0.5) is 5.95 Å². The van der Waals surface area contributed by atoms with Crippen LogP contribution in [0.25, 0.3) is 10.9 Å². The van der Waals surface area contributed by atoms with Crippen molar-refractivity contribution >= 4 is 16.9 Å². The number of benzene rings is 1. The predicted molar refractivity (Wildman–Crippen MR) is 75.5 cm³/mol. The largest absolute Gasteiger partial charge is 1.00 e. The van der Waals surface area contributed by atoms with Crippen molar-refractivity contribution in [1.82, 2.24) is 9.97 Å². The lowest BCUT2D eigenvalue weighted by Gasteiger charge is -1.98. The van der Waals surface area contributed by atoms with Gasteiger partial charge in [0.25, 0.3) is 0 Å². The van der Waals surface area contributed by atoms with Gasteiger partial charge in [-0.05, 0) is 24.5 Å². The Kier molecular flexibility index (Phi) is 4.94. The highest BCUT2D eigenvalue weighted by Crippen LogP contribution is 2.19. The zero-order valence-corrected chi connectivity index (χ0v) is 13.2. The molecular weight excluding hydrogens is 363 g/mol. The second-order valence-corrected chi connectivity index (χ2v) is 4.68. The molecule has 0 aliphatic rings. The minimum Gasteiger partial charge on any atom is -1.00 e. The van der Waals surface area contributed by atoms with Crippen molar-refractivity contribution in [2.45, 2.75) is 19.3 Å². The second-order valence-electron chi connectivity index (χ2n) is 4.68. The van der Waals surface area contributed by atoms with Crippen LogP contribution >= 0.6 is 0 Å². The van der Waals surface area contributed by atoms with E-state index >= 15 is 0 Å². The Morgan fingerprint density at radius 2 is 2.00 bits per heavy atom. The van der Waals surface area contributed by atoms with Gasteiger partial charge in [0, 0.05) is 29.6 Å². The number of nitrogens with two attached hydrogens (primary N) is 1. The van der Waals surface area contributed by atoms with Crippen molar-refractivity contribution in [2.75, 3.05) is 5.73 Å². The number of hydrogen-bond donors (Lipinski definition) is 2. The third-order valence-electron chi connectivity index (χ3n) is 3.32. The summed E-state index contributed by atoms with van der Waals surface area (Å²) >= 11 is 0. The quantitative estimate of drug-likeness (QED) is 0.579. The van der Waals surface area contributed by atoms with E-state index in [2.05, 4.69) is 45.4 Å². The minimum atomic E-state index is 0. The highest BCUT2D eigenvalue weighted by Gasteiger charge is 2.05. The highest BCUT2D eigenvalue weighted by molar-refractivity contribution is 5.82. The van der Waals surface area contributed by atoms with E-state index in [-0.39, 0.29) is 24.0 Å². The van der Waals surface area contributed by atoms with Crippen molar-refractivity contribution in [3.05, 3.63) is 54.0 Å². The number of aromatic nitrogens is 3. The van der Waals surface area contributed by atoms with Gasteiger partial charge in [-0.1, -0.05) is 23.2 Å². The minimum absolute atomic E-state index is 0. The van der Waals surface area contributed by atoms with Crippen LogP contribution in [0.15, 0.2) is 42.7 Å². The molecule has 0 saturated carbocycles. The van der Waals surface area contributed by atoms with Crippen molar-refractivity contribution in [3.63, 3.8) is 0 Å². The molecule has 2 aromatic heterocycles. The first-order valence-electron chi connectivity index (χ1n) is 6.51. The average Bonchev–Trinajstić information content (AvgIpc) is 2.83. The maximum Gasteiger partial charge on any atom is 0.387 e. The molecule has 0 saturated heterocycles. The van der Waals surface area contributed by atoms with Gasteiger partial charge in [0.2, 0.25) is 0 Å². The zero-order chi connectivity index (χ0) is 13.1. The molecule has 104 valence electrons. The standard InChI is InChI=1S/C15H16N4.HI/c16-15-17-9-8-12(19-15)5-3-4-11-10-18-14-7-2-1-6-13(11)14;/h1-2,6-10,18H,3-5H2,(H2,16,17,19);1H. The molecule has 0 aliphatic heterocycles. The summed E-state index contributed by atoms with van der Waals surface area (Å²) in [6.07, 6.45) is 7.00.